The van der Waals surface area contributed by atoms with Crippen molar-refractivity contribution in [1.29, 1.82) is 0 Å². The van der Waals surface area contributed by atoms with Gasteiger partial charge in [-0.1, -0.05) is 17.7 Å². The second-order valence-electron chi connectivity index (χ2n) is 3.78. The molecule has 0 spiro atoms. The summed E-state index contributed by atoms with van der Waals surface area (Å²) in [5.41, 5.74) is 3.74. The lowest BCUT2D eigenvalue weighted by Gasteiger charge is -2.14. The Labute approximate surface area is 85.3 Å². The lowest BCUT2D eigenvalue weighted by Crippen LogP contribution is -2.12. The molecule has 0 unspecified atom stereocenters. The summed E-state index contributed by atoms with van der Waals surface area (Å²) < 4.78 is 0. The molecular weight excluding hydrogens is 182 g/mol. The lowest BCUT2D eigenvalue weighted by molar-refractivity contribution is 0.401. The number of nitrogens with zero attached hydrogens (tertiary/aromatic N) is 1. The lowest BCUT2D eigenvalue weighted by atomic mass is 10.1. The molecule has 13 heavy (non-hydrogen) atoms. The average Bonchev–Trinajstić information content (AvgIpc) is 1.96. The van der Waals surface area contributed by atoms with Crippen LogP contribution in [0.5, 0.6) is 0 Å². The van der Waals surface area contributed by atoms with Crippen LogP contribution in [-0.2, 0) is 6.54 Å². The smallest absolute Gasteiger partial charge is 0.0456 e. The number of hydrogen-bond acceptors (Lipinski definition) is 1. The van der Waals surface area contributed by atoms with Gasteiger partial charge in [-0.3, -0.25) is 0 Å². The first-order valence-electron chi connectivity index (χ1n) is 4.41. The van der Waals surface area contributed by atoms with Crippen LogP contribution < -0.4 is 0 Å². The summed E-state index contributed by atoms with van der Waals surface area (Å²) in [7, 11) is 4.10. The van der Waals surface area contributed by atoms with E-state index in [9.17, 15) is 0 Å². The maximum absolute atomic E-state index is 6.15. The molecule has 0 aromatic heterocycles. The third-order valence-corrected chi connectivity index (χ3v) is 2.37. The molecule has 0 bridgehead atoms. The minimum absolute atomic E-state index is 0.881. The third kappa shape index (κ3) is 2.71. The SMILES string of the molecule is Cc1cc(C)c(CN(C)C)c(Cl)c1. The summed E-state index contributed by atoms with van der Waals surface area (Å²) in [6.07, 6.45) is 0. The van der Waals surface area contributed by atoms with Gasteiger partial charge in [0.1, 0.15) is 0 Å². The number of halogens is 1. The first-order valence-corrected chi connectivity index (χ1v) is 4.79. The molecule has 1 nitrogen and oxygen atoms in total. The Kier molecular flexibility index (Phi) is 3.34. The zero-order valence-corrected chi connectivity index (χ0v) is 9.44. The third-order valence-electron chi connectivity index (χ3n) is 2.04. The van der Waals surface area contributed by atoms with E-state index < -0.39 is 0 Å². The van der Waals surface area contributed by atoms with E-state index in [0.29, 0.717) is 0 Å². The molecule has 0 saturated carbocycles. The van der Waals surface area contributed by atoms with Crippen LogP contribution in [0.1, 0.15) is 16.7 Å². The minimum atomic E-state index is 0.881. The maximum Gasteiger partial charge on any atom is 0.0456 e. The molecule has 0 saturated heterocycles. The van der Waals surface area contributed by atoms with Gasteiger partial charge >= 0.3 is 0 Å². The van der Waals surface area contributed by atoms with Gasteiger partial charge in [0.15, 0.2) is 0 Å². The van der Waals surface area contributed by atoms with E-state index in [1.54, 1.807) is 0 Å². The molecule has 0 radical (unpaired) electrons. The van der Waals surface area contributed by atoms with Crippen molar-refractivity contribution in [3.8, 4) is 0 Å². The van der Waals surface area contributed by atoms with E-state index in [-0.39, 0.29) is 0 Å². The zero-order chi connectivity index (χ0) is 10.0. The molecule has 0 amide bonds. The standard InChI is InChI=1S/C11H16ClN/c1-8-5-9(2)10(7-13(3)4)11(12)6-8/h5-6H,7H2,1-4H3. The van der Waals surface area contributed by atoms with Crippen molar-refractivity contribution in [1.82, 2.24) is 4.90 Å². The highest BCUT2D eigenvalue weighted by Gasteiger charge is 2.05. The van der Waals surface area contributed by atoms with Gasteiger partial charge in [0, 0.05) is 11.6 Å². The fraction of sp³-hybridized carbons (Fsp3) is 0.455. The quantitative estimate of drug-likeness (QED) is 0.705. The minimum Gasteiger partial charge on any atom is -0.305 e. The number of benzene rings is 1. The number of aryl methyl sites for hydroxylation is 2. The Balaban J connectivity index is 3.06. The van der Waals surface area contributed by atoms with Gasteiger partial charge in [-0.25, -0.2) is 0 Å². The molecule has 0 aliphatic heterocycles. The molecule has 0 aliphatic carbocycles. The van der Waals surface area contributed by atoms with Crippen molar-refractivity contribution in [3.63, 3.8) is 0 Å². The van der Waals surface area contributed by atoms with Gasteiger partial charge in [0.05, 0.1) is 0 Å². The monoisotopic (exact) mass is 197 g/mol. The molecular formula is C11H16ClN. The molecule has 2 heteroatoms. The summed E-state index contributed by atoms with van der Waals surface area (Å²) >= 11 is 6.15. The summed E-state index contributed by atoms with van der Waals surface area (Å²) in [6, 6.07) is 4.19. The molecule has 1 aromatic carbocycles. The Morgan fingerprint density at radius 2 is 1.85 bits per heavy atom. The van der Waals surface area contributed by atoms with Crippen LogP contribution in [0.15, 0.2) is 12.1 Å². The Morgan fingerprint density at radius 1 is 1.23 bits per heavy atom. The molecule has 0 aliphatic rings. The Morgan fingerprint density at radius 3 is 2.31 bits per heavy atom. The van der Waals surface area contributed by atoms with Crippen molar-refractivity contribution in [2.75, 3.05) is 14.1 Å². The molecule has 72 valence electrons. The van der Waals surface area contributed by atoms with E-state index >= 15 is 0 Å². The van der Waals surface area contributed by atoms with E-state index in [1.807, 2.05) is 6.07 Å². The van der Waals surface area contributed by atoms with Crippen LogP contribution in [0.25, 0.3) is 0 Å². The average molecular weight is 198 g/mol. The van der Waals surface area contributed by atoms with Gasteiger partial charge in [0.2, 0.25) is 0 Å². The topological polar surface area (TPSA) is 3.24 Å². The second kappa shape index (κ2) is 4.12. The molecule has 0 N–H and O–H groups in total. The highest BCUT2D eigenvalue weighted by Crippen LogP contribution is 2.22. The van der Waals surface area contributed by atoms with Gasteiger partial charge < -0.3 is 4.90 Å². The second-order valence-corrected chi connectivity index (χ2v) is 4.19. The predicted molar refractivity (Wildman–Crippen MR) is 58.3 cm³/mol. The fourth-order valence-electron chi connectivity index (χ4n) is 1.46. The summed E-state index contributed by atoms with van der Waals surface area (Å²) in [4.78, 5) is 2.13. The highest BCUT2D eigenvalue weighted by atomic mass is 35.5. The molecule has 0 fully saturated rings. The van der Waals surface area contributed by atoms with Gasteiger partial charge in [-0.05, 0) is 50.7 Å². The van der Waals surface area contributed by atoms with Crippen LogP contribution in [0.3, 0.4) is 0 Å². The first-order chi connectivity index (χ1) is 6.00. The summed E-state index contributed by atoms with van der Waals surface area (Å²) in [5, 5.41) is 0.881. The highest BCUT2D eigenvalue weighted by molar-refractivity contribution is 6.31. The van der Waals surface area contributed by atoms with Crippen LogP contribution in [-0.4, -0.2) is 19.0 Å². The van der Waals surface area contributed by atoms with Crippen molar-refractivity contribution in [3.05, 3.63) is 33.8 Å². The molecule has 1 rings (SSSR count). The van der Waals surface area contributed by atoms with Crippen molar-refractivity contribution >= 4 is 11.6 Å². The largest absolute Gasteiger partial charge is 0.305 e. The summed E-state index contributed by atoms with van der Waals surface area (Å²) in [6.45, 7) is 5.08. The van der Waals surface area contributed by atoms with E-state index in [4.69, 9.17) is 11.6 Å². The fourth-order valence-corrected chi connectivity index (χ4v) is 1.84. The van der Waals surface area contributed by atoms with Gasteiger partial charge in [-0.15, -0.1) is 0 Å². The normalized spacial score (nSPS) is 10.9. The van der Waals surface area contributed by atoms with Crippen LogP contribution >= 0.6 is 11.6 Å². The summed E-state index contributed by atoms with van der Waals surface area (Å²) in [5.74, 6) is 0. The molecule has 0 atom stereocenters. The van der Waals surface area contributed by atoms with Crippen molar-refractivity contribution in [2.45, 2.75) is 20.4 Å². The van der Waals surface area contributed by atoms with Gasteiger partial charge in [-0.2, -0.15) is 0 Å². The zero-order valence-electron chi connectivity index (χ0n) is 8.69. The molecule has 1 aromatic rings. The van der Waals surface area contributed by atoms with Crippen LogP contribution in [0.4, 0.5) is 0 Å². The van der Waals surface area contributed by atoms with Crippen molar-refractivity contribution in [2.24, 2.45) is 0 Å². The Bertz CT molecular complexity index is 282. The van der Waals surface area contributed by atoms with Crippen molar-refractivity contribution < 1.29 is 0 Å². The van der Waals surface area contributed by atoms with E-state index in [1.165, 1.54) is 16.7 Å². The van der Waals surface area contributed by atoms with Crippen LogP contribution in [0, 0.1) is 13.8 Å². The predicted octanol–water partition coefficient (Wildman–Crippen LogP) is 3.02. The number of hydrogen-bond donors (Lipinski definition) is 0. The van der Waals surface area contributed by atoms with E-state index in [2.05, 4.69) is 38.9 Å². The molecule has 0 heterocycles. The van der Waals surface area contributed by atoms with Crippen LogP contribution in [0.2, 0.25) is 5.02 Å². The van der Waals surface area contributed by atoms with Gasteiger partial charge in [0.25, 0.3) is 0 Å². The Hall–Kier alpha value is -0.530. The first kappa shape index (κ1) is 10.6. The maximum atomic E-state index is 6.15. The van der Waals surface area contributed by atoms with E-state index in [0.717, 1.165) is 11.6 Å². The number of rotatable bonds is 2.